The predicted octanol–water partition coefficient (Wildman–Crippen LogP) is 1.86. The molecule has 0 amide bonds. The van der Waals surface area contributed by atoms with Crippen LogP contribution in [0.2, 0.25) is 0 Å². The van der Waals surface area contributed by atoms with Crippen molar-refractivity contribution < 1.29 is 5.11 Å². The minimum Gasteiger partial charge on any atom is -0.392 e. The Morgan fingerprint density at radius 1 is 1.35 bits per heavy atom. The van der Waals surface area contributed by atoms with Gasteiger partial charge in [0.15, 0.2) is 0 Å². The fourth-order valence-corrected chi connectivity index (χ4v) is 2.95. The highest BCUT2D eigenvalue weighted by atomic mass is 16.3. The summed E-state index contributed by atoms with van der Waals surface area (Å²) in [6.45, 7) is 7.14. The van der Waals surface area contributed by atoms with Crippen LogP contribution in [0.1, 0.15) is 46.0 Å². The van der Waals surface area contributed by atoms with Crippen LogP contribution in [0.5, 0.6) is 0 Å². The van der Waals surface area contributed by atoms with Gasteiger partial charge in [0.1, 0.15) is 0 Å². The Labute approximate surface area is 107 Å². The lowest BCUT2D eigenvalue weighted by Gasteiger charge is -2.35. The maximum Gasteiger partial charge on any atom is 0.0638 e. The molecule has 0 aromatic carbocycles. The van der Waals surface area contributed by atoms with Gasteiger partial charge in [0, 0.05) is 19.1 Å². The first-order chi connectivity index (χ1) is 8.13. The molecule has 3 unspecified atom stereocenters. The first-order valence-corrected chi connectivity index (χ1v) is 7.23. The molecule has 0 bridgehead atoms. The van der Waals surface area contributed by atoms with Crippen LogP contribution < -0.4 is 5.32 Å². The smallest absolute Gasteiger partial charge is 0.0638 e. The van der Waals surface area contributed by atoms with E-state index in [1.54, 1.807) is 0 Å². The van der Waals surface area contributed by atoms with Gasteiger partial charge in [0.25, 0.3) is 0 Å². The molecule has 1 aliphatic rings. The molecule has 0 spiro atoms. The molecule has 1 aliphatic carbocycles. The summed E-state index contributed by atoms with van der Waals surface area (Å²) in [5, 5.41) is 13.1. The molecule has 2 N–H and O–H groups in total. The highest BCUT2D eigenvalue weighted by molar-refractivity contribution is 4.82. The molecule has 3 atom stereocenters. The molecule has 17 heavy (non-hydrogen) atoms. The molecule has 0 aliphatic heterocycles. The summed E-state index contributed by atoms with van der Waals surface area (Å²) in [6.07, 6.45) is 6.41. The molecule has 1 saturated carbocycles. The normalized spacial score (nSPS) is 27.4. The lowest BCUT2D eigenvalue weighted by atomic mass is 9.84. The summed E-state index contributed by atoms with van der Waals surface area (Å²) in [6, 6.07) is 0.695. The highest BCUT2D eigenvalue weighted by Gasteiger charge is 2.25. The van der Waals surface area contributed by atoms with Crippen molar-refractivity contribution in [2.45, 2.75) is 58.1 Å². The average molecular weight is 242 g/mol. The zero-order valence-corrected chi connectivity index (χ0v) is 11.8. The number of rotatable bonds is 7. The minimum atomic E-state index is -0.217. The Balaban J connectivity index is 2.36. The Bertz CT molecular complexity index is 197. The number of hydrogen-bond donors (Lipinski definition) is 2. The summed E-state index contributed by atoms with van der Waals surface area (Å²) in [4.78, 5) is 2.28. The summed E-state index contributed by atoms with van der Waals surface area (Å²) < 4.78 is 0. The number of nitrogens with one attached hydrogen (secondary N) is 1. The number of aliphatic hydroxyl groups excluding tert-OH is 1. The maximum absolute atomic E-state index is 9.40. The summed E-state index contributed by atoms with van der Waals surface area (Å²) in [5.74, 6) is 0.763. The molecule has 3 heteroatoms. The van der Waals surface area contributed by atoms with Gasteiger partial charge in [-0.15, -0.1) is 0 Å². The molecule has 1 rings (SSSR count). The topological polar surface area (TPSA) is 35.5 Å². The van der Waals surface area contributed by atoms with Gasteiger partial charge in [0.2, 0.25) is 0 Å². The van der Waals surface area contributed by atoms with E-state index < -0.39 is 0 Å². The van der Waals surface area contributed by atoms with E-state index in [0.29, 0.717) is 6.04 Å². The predicted molar refractivity (Wildman–Crippen MR) is 73.2 cm³/mol. The zero-order valence-electron chi connectivity index (χ0n) is 11.8. The van der Waals surface area contributed by atoms with Crippen LogP contribution in [0.4, 0.5) is 0 Å². The Morgan fingerprint density at radius 3 is 2.71 bits per heavy atom. The molecule has 0 aromatic heterocycles. The monoisotopic (exact) mass is 242 g/mol. The molecular formula is C14H30N2O. The molecule has 0 heterocycles. The van der Waals surface area contributed by atoms with Gasteiger partial charge in [-0.05, 0) is 45.7 Å². The Hall–Kier alpha value is -0.120. The van der Waals surface area contributed by atoms with Gasteiger partial charge >= 0.3 is 0 Å². The average Bonchev–Trinajstić information content (AvgIpc) is 2.26. The quantitative estimate of drug-likeness (QED) is 0.715. The molecule has 0 saturated heterocycles. The van der Waals surface area contributed by atoms with Crippen molar-refractivity contribution in [1.82, 2.24) is 10.2 Å². The van der Waals surface area contributed by atoms with Gasteiger partial charge in [0.05, 0.1) is 6.10 Å². The molecule has 0 radical (unpaired) electrons. The van der Waals surface area contributed by atoms with Crippen LogP contribution in [0.25, 0.3) is 0 Å². The summed E-state index contributed by atoms with van der Waals surface area (Å²) in [5.41, 5.74) is 0. The largest absolute Gasteiger partial charge is 0.392 e. The Kier molecular flexibility index (Phi) is 7.09. The number of aliphatic hydroxyl groups is 1. The highest BCUT2D eigenvalue weighted by Crippen LogP contribution is 2.25. The first-order valence-electron chi connectivity index (χ1n) is 7.23. The van der Waals surface area contributed by atoms with E-state index in [1.807, 2.05) is 6.92 Å². The fourth-order valence-electron chi connectivity index (χ4n) is 2.95. The van der Waals surface area contributed by atoms with E-state index in [2.05, 4.69) is 24.2 Å². The van der Waals surface area contributed by atoms with Gasteiger partial charge < -0.3 is 15.3 Å². The second-order valence-electron chi connectivity index (χ2n) is 5.68. The SMILES string of the molecule is CCCNC1CCCCC1CN(C)CC(C)O. The number of likely N-dealkylation sites (N-methyl/N-ethyl adjacent to an activating group) is 1. The van der Waals surface area contributed by atoms with Crippen LogP contribution in [0.15, 0.2) is 0 Å². The van der Waals surface area contributed by atoms with Crippen LogP contribution in [-0.2, 0) is 0 Å². The second-order valence-corrected chi connectivity index (χ2v) is 5.68. The lowest BCUT2D eigenvalue weighted by molar-refractivity contribution is 0.117. The van der Waals surface area contributed by atoms with Crippen molar-refractivity contribution >= 4 is 0 Å². The van der Waals surface area contributed by atoms with Crippen molar-refractivity contribution in [3.05, 3.63) is 0 Å². The molecule has 1 fully saturated rings. The van der Waals surface area contributed by atoms with Crippen LogP contribution in [0.3, 0.4) is 0 Å². The maximum atomic E-state index is 9.40. The summed E-state index contributed by atoms with van der Waals surface area (Å²) in [7, 11) is 2.12. The summed E-state index contributed by atoms with van der Waals surface area (Å²) >= 11 is 0. The van der Waals surface area contributed by atoms with E-state index in [0.717, 1.165) is 25.6 Å². The van der Waals surface area contributed by atoms with Crippen molar-refractivity contribution in [2.75, 3.05) is 26.7 Å². The van der Waals surface area contributed by atoms with E-state index in [9.17, 15) is 5.11 Å². The van der Waals surface area contributed by atoms with Gasteiger partial charge in [-0.25, -0.2) is 0 Å². The van der Waals surface area contributed by atoms with Crippen LogP contribution in [-0.4, -0.2) is 48.8 Å². The van der Waals surface area contributed by atoms with E-state index >= 15 is 0 Å². The van der Waals surface area contributed by atoms with Crippen molar-refractivity contribution in [1.29, 1.82) is 0 Å². The first kappa shape index (κ1) is 14.9. The molecule has 3 nitrogen and oxygen atoms in total. The minimum absolute atomic E-state index is 0.217. The van der Waals surface area contributed by atoms with Gasteiger partial charge in [-0.3, -0.25) is 0 Å². The van der Waals surface area contributed by atoms with Crippen molar-refractivity contribution in [3.63, 3.8) is 0 Å². The van der Waals surface area contributed by atoms with Crippen LogP contribution in [0, 0.1) is 5.92 Å². The van der Waals surface area contributed by atoms with Gasteiger partial charge in [-0.2, -0.15) is 0 Å². The standard InChI is InChI=1S/C14H30N2O/c1-4-9-15-14-8-6-5-7-13(14)11-16(3)10-12(2)17/h12-15,17H,4-11H2,1-3H3. The number of hydrogen-bond acceptors (Lipinski definition) is 3. The third kappa shape index (κ3) is 5.84. The van der Waals surface area contributed by atoms with E-state index in [1.165, 1.54) is 32.1 Å². The molecule has 0 aromatic rings. The molecular weight excluding hydrogens is 212 g/mol. The third-order valence-electron chi connectivity index (χ3n) is 3.69. The van der Waals surface area contributed by atoms with Crippen molar-refractivity contribution in [3.8, 4) is 0 Å². The van der Waals surface area contributed by atoms with E-state index in [-0.39, 0.29) is 6.10 Å². The molecule has 102 valence electrons. The van der Waals surface area contributed by atoms with Crippen LogP contribution >= 0.6 is 0 Å². The number of nitrogens with zero attached hydrogens (tertiary/aromatic N) is 1. The Morgan fingerprint density at radius 2 is 2.06 bits per heavy atom. The zero-order chi connectivity index (χ0) is 12.7. The second kappa shape index (κ2) is 8.06. The van der Waals surface area contributed by atoms with E-state index in [4.69, 9.17) is 0 Å². The lowest BCUT2D eigenvalue weighted by Crippen LogP contribution is -2.44. The third-order valence-corrected chi connectivity index (χ3v) is 3.69. The fraction of sp³-hybridized carbons (Fsp3) is 1.00. The van der Waals surface area contributed by atoms with Crippen molar-refractivity contribution in [2.24, 2.45) is 5.92 Å². The van der Waals surface area contributed by atoms with Gasteiger partial charge in [-0.1, -0.05) is 19.8 Å².